The Hall–Kier alpha value is -3.09. The van der Waals surface area contributed by atoms with Crippen LogP contribution in [-0.2, 0) is 15.9 Å². The van der Waals surface area contributed by atoms with E-state index >= 15 is 0 Å². The quantitative estimate of drug-likeness (QED) is 0.648. The minimum absolute atomic E-state index is 0.175. The maximum atomic E-state index is 14.6. The molecule has 0 atom stereocenters. The van der Waals surface area contributed by atoms with Gasteiger partial charge in [-0.05, 0) is 58.9 Å². The van der Waals surface area contributed by atoms with Gasteiger partial charge in [0.2, 0.25) is 0 Å². The molecule has 2 aromatic rings. The van der Waals surface area contributed by atoms with Crippen molar-refractivity contribution in [1.29, 1.82) is 0 Å². The maximum absolute atomic E-state index is 14.6. The number of esters is 2. The fourth-order valence-electron chi connectivity index (χ4n) is 3.16. The summed E-state index contributed by atoms with van der Waals surface area (Å²) in [5, 5.41) is 0. The molecule has 0 amide bonds. The number of carbonyl (C=O) groups excluding carboxylic acids is 2. The van der Waals surface area contributed by atoms with Gasteiger partial charge in [-0.25, -0.2) is 14.0 Å². The van der Waals surface area contributed by atoms with E-state index in [-0.39, 0.29) is 16.9 Å². The van der Waals surface area contributed by atoms with E-state index in [1.54, 1.807) is 26.8 Å². The van der Waals surface area contributed by atoms with Gasteiger partial charge in [0.25, 0.3) is 0 Å². The molecule has 0 fully saturated rings. The molecule has 6 nitrogen and oxygen atoms in total. The lowest BCUT2D eigenvalue weighted by molar-refractivity contribution is 0.00644. The molecule has 0 unspecified atom stereocenters. The van der Waals surface area contributed by atoms with E-state index in [0.717, 1.165) is 11.6 Å². The zero-order valence-electron chi connectivity index (χ0n) is 17.9. The lowest BCUT2D eigenvalue weighted by atomic mass is 10.00. The van der Waals surface area contributed by atoms with Gasteiger partial charge in [0.05, 0.1) is 18.2 Å². The molecule has 30 heavy (non-hydrogen) atoms. The van der Waals surface area contributed by atoms with Gasteiger partial charge in [0, 0.05) is 18.1 Å². The van der Waals surface area contributed by atoms with Gasteiger partial charge in [0.1, 0.15) is 34.3 Å². The first-order valence-electron chi connectivity index (χ1n) is 9.53. The summed E-state index contributed by atoms with van der Waals surface area (Å²) in [6.45, 7) is 8.96. The Morgan fingerprint density at radius 1 is 1.10 bits per heavy atom. The molecule has 0 aromatic heterocycles. The van der Waals surface area contributed by atoms with Crippen LogP contribution in [0.3, 0.4) is 0 Å². The predicted molar refractivity (Wildman–Crippen MR) is 108 cm³/mol. The SMILES string of the molecule is COC(=O)c1cc(Oc2ccc(C(=O)OC(C)(C)C)c(F)c2)c2c(c1)OC(C)(C)C2. The largest absolute Gasteiger partial charge is 0.487 e. The van der Waals surface area contributed by atoms with Gasteiger partial charge >= 0.3 is 11.9 Å². The van der Waals surface area contributed by atoms with Gasteiger partial charge in [0.15, 0.2) is 0 Å². The van der Waals surface area contributed by atoms with Crippen molar-refractivity contribution < 1.29 is 32.9 Å². The third-order valence-electron chi connectivity index (χ3n) is 4.37. The van der Waals surface area contributed by atoms with Crippen LogP contribution in [-0.4, -0.2) is 30.3 Å². The van der Waals surface area contributed by atoms with Crippen molar-refractivity contribution in [2.24, 2.45) is 0 Å². The highest BCUT2D eigenvalue weighted by Gasteiger charge is 2.34. The van der Waals surface area contributed by atoms with Gasteiger partial charge in [-0.3, -0.25) is 0 Å². The van der Waals surface area contributed by atoms with Gasteiger partial charge in [-0.15, -0.1) is 0 Å². The maximum Gasteiger partial charge on any atom is 0.341 e. The van der Waals surface area contributed by atoms with Crippen LogP contribution >= 0.6 is 0 Å². The third-order valence-corrected chi connectivity index (χ3v) is 4.37. The van der Waals surface area contributed by atoms with Crippen LogP contribution < -0.4 is 9.47 Å². The summed E-state index contributed by atoms with van der Waals surface area (Å²) in [4.78, 5) is 24.2. The zero-order valence-corrected chi connectivity index (χ0v) is 17.9. The second-order valence-corrected chi connectivity index (χ2v) is 8.73. The predicted octanol–water partition coefficient (Wildman–Crippen LogP) is 5.07. The van der Waals surface area contributed by atoms with Gasteiger partial charge in [-0.2, -0.15) is 0 Å². The molecule has 7 heteroatoms. The summed E-state index contributed by atoms with van der Waals surface area (Å²) in [6.07, 6.45) is 0.553. The van der Waals surface area contributed by atoms with Crippen molar-refractivity contribution in [3.8, 4) is 17.2 Å². The third kappa shape index (κ3) is 4.72. The molecule has 1 aliphatic rings. The van der Waals surface area contributed by atoms with Crippen molar-refractivity contribution in [1.82, 2.24) is 0 Å². The normalized spacial score (nSPS) is 14.5. The summed E-state index contributed by atoms with van der Waals surface area (Å²) in [7, 11) is 1.28. The molecule has 0 bridgehead atoms. The number of methoxy groups -OCH3 is 1. The number of rotatable bonds is 4. The van der Waals surface area contributed by atoms with Crippen molar-refractivity contribution >= 4 is 11.9 Å². The van der Waals surface area contributed by atoms with E-state index in [0.29, 0.717) is 17.9 Å². The van der Waals surface area contributed by atoms with E-state index in [9.17, 15) is 14.0 Å². The summed E-state index contributed by atoms with van der Waals surface area (Å²) < 4.78 is 36.4. The smallest absolute Gasteiger partial charge is 0.341 e. The average Bonchev–Trinajstić information content (AvgIpc) is 2.93. The molecule has 2 aromatic carbocycles. The highest BCUT2D eigenvalue weighted by molar-refractivity contribution is 5.91. The number of ether oxygens (including phenoxy) is 4. The number of carbonyl (C=O) groups is 2. The summed E-state index contributed by atoms with van der Waals surface area (Å²) in [5.41, 5.74) is -0.365. The standard InChI is InChI=1S/C23H25FO6/c1-22(2,3)30-21(26)15-8-7-14(11-17(15)24)28-18-9-13(20(25)27-6)10-19-16(18)12-23(4,5)29-19/h7-11H,12H2,1-6H3. The molecule has 1 heterocycles. The van der Waals surface area contributed by atoms with Gasteiger partial charge in [-0.1, -0.05) is 0 Å². The fraction of sp³-hybridized carbons (Fsp3) is 0.391. The minimum atomic E-state index is -0.765. The summed E-state index contributed by atoms with van der Waals surface area (Å²) >= 11 is 0. The number of hydrogen-bond donors (Lipinski definition) is 0. The highest BCUT2D eigenvalue weighted by atomic mass is 19.1. The number of fused-ring (bicyclic) bond motifs is 1. The first-order valence-corrected chi connectivity index (χ1v) is 9.53. The number of halogens is 1. The molecule has 3 rings (SSSR count). The Balaban J connectivity index is 1.93. The van der Waals surface area contributed by atoms with Crippen molar-refractivity contribution in [2.45, 2.75) is 52.2 Å². The Kier molecular flexibility index (Phi) is 5.50. The zero-order chi connectivity index (χ0) is 22.3. The molecule has 0 saturated carbocycles. The molecular weight excluding hydrogens is 391 g/mol. The van der Waals surface area contributed by atoms with E-state index in [4.69, 9.17) is 18.9 Å². The Bertz CT molecular complexity index is 1000. The first kappa shape index (κ1) is 21.6. The Morgan fingerprint density at radius 2 is 1.80 bits per heavy atom. The second kappa shape index (κ2) is 7.63. The van der Waals surface area contributed by atoms with Crippen LogP contribution in [0, 0.1) is 5.82 Å². The molecule has 1 aliphatic heterocycles. The minimum Gasteiger partial charge on any atom is -0.487 e. The van der Waals surface area contributed by atoms with Crippen LogP contribution in [0.15, 0.2) is 30.3 Å². The number of hydrogen-bond acceptors (Lipinski definition) is 6. The molecular formula is C23H25FO6. The Morgan fingerprint density at radius 3 is 2.40 bits per heavy atom. The fourth-order valence-corrected chi connectivity index (χ4v) is 3.16. The van der Waals surface area contributed by atoms with E-state index in [2.05, 4.69) is 0 Å². The highest BCUT2D eigenvalue weighted by Crippen LogP contribution is 2.43. The summed E-state index contributed by atoms with van der Waals surface area (Å²) in [5.74, 6) is -1.00. The van der Waals surface area contributed by atoms with E-state index < -0.39 is 29.0 Å². The molecule has 160 valence electrons. The van der Waals surface area contributed by atoms with E-state index in [1.807, 2.05) is 13.8 Å². The van der Waals surface area contributed by atoms with Crippen molar-refractivity contribution in [2.75, 3.05) is 7.11 Å². The van der Waals surface area contributed by atoms with Crippen LogP contribution in [0.5, 0.6) is 17.2 Å². The van der Waals surface area contributed by atoms with Crippen LogP contribution in [0.25, 0.3) is 0 Å². The van der Waals surface area contributed by atoms with Crippen molar-refractivity contribution in [3.05, 3.63) is 52.8 Å². The molecule has 0 radical (unpaired) electrons. The summed E-state index contributed by atoms with van der Waals surface area (Å²) in [6, 6.07) is 7.03. The van der Waals surface area contributed by atoms with Crippen LogP contribution in [0.4, 0.5) is 4.39 Å². The molecule has 0 aliphatic carbocycles. The van der Waals surface area contributed by atoms with Crippen LogP contribution in [0.2, 0.25) is 0 Å². The second-order valence-electron chi connectivity index (χ2n) is 8.73. The van der Waals surface area contributed by atoms with Crippen molar-refractivity contribution in [3.63, 3.8) is 0 Å². The van der Waals surface area contributed by atoms with E-state index in [1.165, 1.54) is 25.3 Å². The molecule has 0 spiro atoms. The topological polar surface area (TPSA) is 71.1 Å². The molecule has 0 N–H and O–H groups in total. The average molecular weight is 416 g/mol. The van der Waals surface area contributed by atoms with Gasteiger partial charge < -0.3 is 18.9 Å². The first-order chi connectivity index (χ1) is 13.9. The monoisotopic (exact) mass is 416 g/mol. The Labute approximate surface area is 174 Å². The van der Waals surface area contributed by atoms with Crippen LogP contribution in [0.1, 0.15) is 60.9 Å². The lowest BCUT2D eigenvalue weighted by Crippen LogP contribution is -2.24. The molecule has 0 saturated heterocycles. The lowest BCUT2D eigenvalue weighted by Gasteiger charge is -2.19. The number of benzene rings is 2.